The first-order valence-corrected chi connectivity index (χ1v) is 7.27. The average Bonchev–Trinajstić information content (AvgIpc) is 2.37. The van der Waals surface area contributed by atoms with Crippen molar-refractivity contribution < 1.29 is 4.39 Å². The molecule has 0 atom stereocenters. The molecule has 2 aliphatic rings. The van der Waals surface area contributed by atoms with E-state index in [-0.39, 0.29) is 5.82 Å². The Morgan fingerprint density at radius 3 is 2.22 bits per heavy atom. The van der Waals surface area contributed by atoms with Crippen LogP contribution in [-0.2, 0) is 0 Å². The lowest BCUT2D eigenvalue weighted by atomic mass is 9.27. The van der Waals surface area contributed by atoms with Crippen molar-refractivity contribution in [2.45, 2.75) is 50.2 Å². The Kier molecular flexibility index (Phi) is 3.54. The first kappa shape index (κ1) is 12.0. The Bertz CT molecular complexity index is 418. The highest BCUT2D eigenvalue weighted by Crippen LogP contribution is 2.46. The van der Waals surface area contributed by atoms with Gasteiger partial charge in [-0.05, 0) is 6.07 Å². The van der Waals surface area contributed by atoms with Crippen molar-refractivity contribution in [2.24, 2.45) is 0 Å². The quantitative estimate of drug-likeness (QED) is 0.641. The van der Waals surface area contributed by atoms with E-state index < -0.39 is 0 Å². The molecule has 2 aliphatic heterocycles. The lowest BCUT2D eigenvalue weighted by Crippen LogP contribution is -2.32. The van der Waals surface area contributed by atoms with E-state index in [1.54, 1.807) is 12.1 Å². The maximum Gasteiger partial charge on any atom is 0.172 e. The van der Waals surface area contributed by atoms with Gasteiger partial charge in [0, 0.05) is 5.56 Å². The van der Waals surface area contributed by atoms with Gasteiger partial charge < -0.3 is 0 Å². The Morgan fingerprint density at radius 1 is 1.00 bits per heavy atom. The first-order chi connectivity index (χ1) is 8.84. The van der Waals surface area contributed by atoms with Crippen molar-refractivity contribution in [2.75, 3.05) is 0 Å². The maximum absolute atomic E-state index is 13.6. The topological polar surface area (TPSA) is 0 Å². The van der Waals surface area contributed by atoms with Crippen molar-refractivity contribution in [3.05, 3.63) is 41.6 Å². The maximum atomic E-state index is 13.6. The molecule has 0 aliphatic carbocycles. The van der Waals surface area contributed by atoms with Gasteiger partial charge in [-0.15, -0.1) is 5.98 Å². The summed E-state index contributed by atoms with van der Waals surface area (Å²) < 4.78 is 13.6. The van der Waals surface area contributed by atoms with E-state index in [1.807, 2.05) is 18.2 Å². The molecule has 0 amide bonds. The third-order valence-electron chi connectivity index (χ3n) is 4.79. The molecule has 2 heteroatoms. The second kappa shape index (κ2) is 5.30. The van der Waals surface area contributed by atoms with Crippen LogP contribution in [0.4, 0.5) is 4.39 Å². The Balaban J connectivity index is 1.77. The zero-order chi connectivity index (χ0) is 12.4. The lowest BCUT2D eigenvalue weighted by Gasteiger charge is -2.39. The summed E-state index contributed by atoms with van der Waals surface area (Å²) in [6, 6.07) is 7.07. The van der Waals surface area contributed by atoms with Crippen LogP contribution in [-0.4, -0.2) is 6.71 Å². The summed E-state index contributed by atoms with van der Waals surface area (Å²) in [5.41, 5.74) is 0.737. The Labute approximate surface area is 109 Å². The molecule has 1 aromatic carbocycles. The zero-order valence-electron chi connectivity index (χ0n) is 10.8. The number of halogens is 1. The second-order valence-electron chi connectivity index (χ2n) is 5.84. The summed E-state index contributed by atoms with van der Waals surface area (Å²) in [6.45, 7) is 0.701. The fourth-order valence-corrected chi connectivity index (χ4v) is 3.87. The van der Waals surface area contributed by atoms with Gasteiger partial charge in [0.2, 0.25) is 0 Å². The van der Waals surface area contributed by atoms with Crippen molar-refractivity contribution in [3.63, 3.8) is 0 Å². The molecule has 0 unspecified atom stereocenters. The van der Waals surface area contributed by atoms with Gasteiger partial charge in [0.15, 0.2) is 6.71 Å². The predicted octanol–water partition coefficient (Wildman–Crippen LogP) is 4.98. The lowest BCUT2D eigenvalue weighted by molar-refractivity contribution is 0.447. The fraction of sp³-hybridized carbons (Fsp3) is 0.500. The minimum absolute atomic E-state index is 0.102. The molecule has 0 N–H and O–H groups in total. The molecule has 0 spiro atoms. The van der Waals surface area contributed by atoms with Crippen molar-refractivity contribution in [1.82, 2.24) is 0 Å². The molecule has 3 rings (SSSR count). The average molecular weight is 242 g/mol. The molecule has 2 bridgehead atoms. The predicted molar refractivity (Wildman–Crippen MR) is 76.4 cm³/mol. The smallest absolute Gasteiger partial charge is 0.172 e. The monoisotopic (exact) mass is 242 g/mol. The summed E-state index contributed by atoms with van der Waals surface area (Å²) >= 11 is 0. The normalized spacial score (nSPS) is 27.7. The number of rotatable bonds is 2. The van der Waals surface area contributed by atoms with E-state index in [1.165, 1.54) is 38.5 Å². The minimum atomic E-state index is -0.102. The van der Waals surface area contributed by atoms with Crippen molar-refractivity contribution >= 4 is 12.8 Å². The molecule has 94 valence electrons. The van der Waals surface area contributed by atoms with Gasteiger partial charge >= 0.3 is 0 Å². The van der Waals surface area contributed by atoms with Gasteiger partial charge in [0.05, 0.1) is 0 Å². The highest BCUT2D eigenvalue weighted by atomic mass is 19.1. The van der Waals surface area contributed by atoms with Gasteiger partial charge in [-0.25, -0.2) is 4.39 Å². The molecule has 2 fully saturated rings. The molecular formula is C16H20BF. The third kappa shape index (κ3) is 2.38. The second-order valence-corrected chi connectivity index (χ2v) is 5.84. The molecule has 2 heterocycles. The highest BCUT2D eigenvalue weighted by Gasteiger charge is 2.37. The number of benzene rings is 1. The largest absolute Gasteiger partial charge is 0.206 e. The Morgan fingerprint density at radius 2 is 1.61 bits per heavy atom. The van der Waals surface area contributed by atoms with Gasteiger partial charge in [0.1, 0.15) is 5.82 Å². The SMILES string of the molecule is Fc1ccccc1/C=C/B1C2CCCC1CCC2. The van der Waals surface area contributed by atoms with Crippen LogP contribution < -0.4 is 0 Å². The number of hydrogen-bond acceptors (Lipinski definition) is 0. The van der Waals surface area contributed by atoms with Crippen LogP contribution in [0, 0.1) is 5.82 Å². The highest BCUT2D eigenvalue weighted by molar-refractivity contribution is 6.68. The molecule has 0 nitrogen and oxygen atoms in total. The van der Waals surface area contributed by atoms with Gasteiger partial charge in [0.25, 0.3) is 0 Å². The molecule has 2 saturated heterocycles. The van der Waals surface area contributed by atoms with Crippen LogP contribution in [0.3, 0.4) is 0 Å². The van der Waals surface area contributed by atoms with Crippen LogP contribution in [0.2, 0.25) is 11.6 Å². The van der Waals surface area contributed by atoms with Crippen LogP contribution in [0.25, 0.3) is 6.08 Å². The number of fused-ring (bicyclic) bond motifs is 2. The van der Waals surface area contributed by atoms with Crippen molar-refractivity contribution in [3.8, 4) is 0 Å². The van der Waals surface area contributed by atoms with Crippen LogP contribution in [0.1, 0.15) is 44.1 Å². The van der Waals surface area contributed by atoms with E-state index in [9.17, 15) is 4.39 Å². The van der Waals surface area contributed by atoms with Gasteiger partial charge in [-0.1, -0.05) is 74.4 Å². The van der Waals surface area contributed by atoms with E-state index in [0.717, 1.165) is 17.2 Å². The van der Waals surface area contributed by atoms with E-state index in [2.05, 4.69) is 5.98 Å². The molecule has 0 saturated carbocycles. The van der Waals surface area contributed by atoms with Crippen LogP contribution >= 0.6 is 0 Å². The fourth-order valence-electron chi connectivity index (χ4n) is 3.87. The minimum Gasteiger partial charge on any atom is -0.206 e. The first-order valence-electron chi connectivity index (χ1n) is 7.27. The molecule has 1 aromatic rings. The van der Waals surface area contributed by atoms with E-state index >= 15 is 0 Å². The molecular weight excluding hydrogens is 222 g/mol. The van der Waals surface area contributed by atoms with E-state index in [4.69, 9.17) is 0 Å². The third-order valence-corrected chi connectivity index (χ3v) is 4.79. The Hall–Kier alpha value is -1.05. The molecule has 18 heavy (non-hydrogen) atoms. The van der Waals surface area contributed by atoms with Crippen LogP contribution in [0.15, 0.2) is 30.2 Å². The zero-order valence-corrected chi connectivity index (χ0v) is 10.8. The summed E-state index contributed by atoms with van der Waals surface area (Å²) in [5.74, 6) is 3.92. The standard InChI is InChI=1S/C16H20BF/c18-16-10-2-1-5-13(16)11-12-17-14-6-3-7-15(17)9-4-8-14/h1-2,5,10-12,14-15H,3-4,6-9H2/b12-11+. The number of hydrogen-bond donors (Lipinski definition) is 0. The molecule has 0 radical (unpaired) electrons. The van der Waals surface area contributed by atoms with E-state index in [0.29, 0.717) is 6.71 Å². The summed E-state index contributed by atoms with van der Waals surface area (Å²) in [6.07, 6.45) is 10.3. The van der Waals surface area contributed by atoms with Crippen molar-refractivity contribution in [1.29, 1.82) is 0 Å². The van der Waals surface area contributed by atoms with Gasteiger partial charge in [-0.3, -0.25) is 0 Å². The molecule has 0 aromatic heterocycles. The summed E-state index contributed by atoms with van der Waals surface area (Å²) in [5, 5.41) is 0. The van der Waals surface area contributed by atoms with Gasteiger partial charge in [-0.2, -0.15) is 0 Å². The summed E-state index contributed by atoms with van der Waals surface area (Å²) in [7, 11) is 0. The van der Waals surface area contributed by atoms with Crippen LogP contribution in [0.5, 0.6) is 0 Å². The summed E-state index contributed by atoms with van der Waals surface area (Å²) in [4.78, 5) is 0.